The molecule has 0 aliphatic heterocycles. The number of nitrogens with one attached hydrogen (secondary N) is 1. The Morgan fingerprint density at radius 1 is 1.53 bits per heavy atom. The van der Waals surface area contributed by atoms with E-state index in [-0.39, 0.29) is 11.0 Å². The minimum Gasteiger partial charge on any atom is -0.440 e. The third kappa shape index (κ3) is 2.57. The van der Waals surface area contributed by atoms with Gasteiger partial charge in [0.2, 0.25) is 0 Å². The lowest BCUT2D eigenvalue weighted by Gasteiger charge is -2.06. The molecular formula is C11H10ClN3O2. The molecule has 1 amide bonds. The number of nitrogen functional groups attached to an aromatic ring is 1. The summed E-state index contributed by atoms with van der Waals surface area (Å²) in [5, 5.41) is 2.77. The summed E-state index contributed by atoms with van der Waals surface area (Å²) in [5.41, 5.74) is 6.88. The van der Waals surface area contributed by atoms with Gasteiger partial charge < -0.3 is 15.5 Å². The van der Waals surface area contributed by atoms with E-state index in [1.165, 1.54) is 18.3 Å². The van der Waals surface area contributed by atoms with Crippen molar-refractivity contribution in [3.63, 3.8) is 0 Å². The third-order valence-electron chi connectivity index (χ3n) is 2.13. The van der Waals surface area contributed by atoms with Gasteiger partial charge in [0.05, 0.1) is 11.9 Å². The molecule has 17 heavy (non-hydrogen) atoms. The van der Waals surface area contributed by atoms with E-state index in [9.17, 15) is 4.79 Å². The summed E-state index contributed by atoms with van der Waals surface area (Å²) < 4.78 is 4.98. The average molecular weight is 252 g/mol. The Hall–Kier alpha value is -2.01. The van der Waals surface area contributed by atoms with Crippen molar-refractivity contribution in [2.24, 2.45) is 0 Å². The third-order valence-corrected chi connectivity index (χ3v) is 2.33. The number of nitrogens with two attached hydrogens (primary N) is 1. The van der Waals surface area contributed by atoms with Gasteiger partial charge >= 0.3 is 0 Å². The van der Waals surface area contributed by atoms with E-state index in [4.69, 9.17) is 21.8 Å². The van der Waals surface area contributed by atoms with Gasteiger partial charge in [0, 0.05) is 0 Å². The Kier molecular flexibility index (Phi) is 3.01. The lowest BCUT2D eigenvalue weighted by Crippen LogP contribution is -2.13. The Morgan fingerprint density at radius 3 is 2.88 bits per heavy atom. The molecule has 88 valence electrons. The standard InChI is InChI=1S/C11H10ClN3O2/c1-6-4-7(13)5-14-10(6)15-11(16)8-2-3-9(12)17-8/h2-5H,13H2,1H3,(H,14,15,16). The van der Waals surface area contributed by atoms with Crippen LogP contribution in [0.15, 0.2) is 28.8 Å². The predicted molar refractivity (Wildman–Crippen MR) is 65.1 cm³/mol. The van der Waals surface area contributed by atoms with Gasteiger partial charge in [-0.15, -0.1) is 0 Å². The molecule has 0 radical (unpaired) electrons. The SMILES string of the molecule is Cc1cc(N)cnc1NC(=O)c1ccc(Cl)o1. The van der Waals surface area contributed by atoms with Crippen molar-refractivity contribution in [2.75, 3.05) is 11.1 Å². The van der Waals surface area contributed by atoms with Crippen LogP contribution in [0, 0.1) is 6.92 Å². The molecule has 2 heterocycles. The highest BCUT2D eigenvalue weighted by molar-refractivity contribution is 6.29. The van der Waals surface area contributed by atoms with Crippen molar-refractivity contribution in [2.45, 2.75) is 6.92 Å². The monoisotopic (exact) mass is 251 g/mol. The Bertz CT molecular complexity index is 566. The summed E-state index contributed by atoms with van der Waals surface area (Å²) >= 11 is 5.58. The number of amides is 1. The number of rotatable bonds is 2. The normalized spacial score (nSPS) is 10.2. The number of carbonyl (C=O) groups is 1. The van der Waals surface area contributed by atoms with Gasteiger partial charge in [-0.2, -0.15) is 0 Å². The molecule has 0 unspecified atom stereocenters. The van der Waals surface area contributed by atoms with Crippen LogP contribution < -0.4 is 11.1 Å². The summed E-state index contributed by atoms with van der Waals surface area (Å²) in [4.78, 5) is 15.7. The molecule has 6 heteroatoms. The number of aromatic nitrogens is 1. The fraction of sp³-hybridized carbons (Fsp3) is 0.0909. The zero-order valence-corrected chi connectivity index (χ0v) is 9.78. The second-order valence-corrected chi connectivity index (χ2v) is 3.86. The van der Waals surface area contributed by atoms with E-state index >= 15 is 0 Å². The maximum Gasteiger partial charge on any atom is 0.292 e. The molecular weight excluding hydrogens is 242 g/mol. The summed E-state index contributed by atoms with van der Waals surface area (Å²) in [5.74, 6) is 0.169. The van der Waals surface area contributed by atoms with Gasteiger partial charge in [0.15, 0.2) is 11.0 Å². The predicted octanol–water partition coefficient (Wildman–Crippen LogP) is 2.47. The maximum absolute atomic E-state index is 11.7. The smallest absolute Gasteiger partial charge is 0.292 e. The number of hydrogen-bond donors (Lipinski definition) is 2. The van der Waals surface area contributed by atoms with Crippen LogP contribution in [-0.4, -0.2) is 10.9 Å². The molecule has 0 atom stereocenters. The van der Waals surface area contributed by atoms with Crippen LogP contribution in [0.1, 0.15) is 16.1 Å². The molecule has 0 bridgehead atoms. The second-order valence-electron chi connectivity index (χ2n) is 3.49. The highest BCUT2D eigenvalue weighted by Crippen LogP contribution is 2.17. The highest BCUT2D eigenvalue weighted by atomic mass is 35.5. The van der Waals surface area contributed by atoms with Gasteiger partial charge in [-0.25, -0.2) is 4.98 Å². The molecule has 0 saturated heterocycles. The molecule has 0 aliphatic rings. The Balaban J connectivity index is 2.18. The van der Waals surface area contributed by atoms with Crippen molar-refractivity contribution in [1.29, 1.82) is 0 Å². The van der Waals surface area contributed by atoms with Crippen LogP contribution in [0.25, 0.3) is 0 Å². The van der Waals surface area contributed by atoms with Crippen molar-refractivity contribution in [3.8, 4) is 0 Å². The lowest BCUT2D eigenvalue weighted by atomic mass is 10.2. The molecule has 0 spiro atoms. The van der Waals surface area contributed by atoms with Crippen LogP contribution in [0.5, 0.6) is 0 Å². The molecule has 3 N–H and O–H groups in total. The molecule has 2 aromatic rings. The fourth-order valence-electron chi connectivity index (χ4n) is 1.33. The largest absolute Gasteiger partial charge is 0.440 e. The van der Waals surface area contributed by atoms with Crippen molar-refractivity contribution < 1.29 is 9.21 Å². The first-order chi connectivity index (χ1) is 8.06. The van der Waals surface area contributed by atoms with Gasteiger partial charge in [-0.3, -0.25) is 4.79 Å². The van der Waals surface area contributed by atoms with Crippen LogP contribution in [0.2, 0.25) is 5.22 Å². The first kappa shape index (κ1) is 11.5. The first-order valence-corrected chi connectivity index (χ1v) is 5.23. The number of aryl methyl sites for hydroxylation is 1. The van der Waals surface area contributed by atoms with Crippen LogP contribution in [-0.2, 0) is 0 Å². The van der Waals surface area contributed by atoms with Crippen LogP contribution in [0.4, 0.5) is 11.5 Å². The van der Waals surface area contributed by atoms with Gasteiger partial charge in [-0.05, 0) is 42.3 Å². The maximum atomic E-state index is 11.7. The number of anilines is 2. The van der Waals surface area contributed by atoms with Gasteiger partial charge in [-0.1, -0.05) is 0 Å². The molecule has 2 rings (SSSR count). The lowest BCUT2D eigenvalue weighted by molar-refractivity contribution is 0.0996. The minimum atomic E-state index is -0.405. The Morgan fingerprint density at radius 2 is 2.29 bits per heavy atom. The van der Waals surface area contributed by atoms with Crippen LogP contribution in [0.3, 0.4) is 0 Å². The highest BCUT2D eigenvalue weighted by Gasteiger charge is 2.12. The summed E-state index contributed by atoms with van der Waals surface area (Å²) in [6.07, 6.45) is 1.47. The van der Waals surface area contributed by atoms with E-state index in [1.807, 2.05) is 0 Å². The molecule has 2 aromatic heterocycles. The topological polar surface area (TPSA) is 81.1 Å². The minimum absolute atomic E-state index is 0.132. The van der Waals surface area contributed by atoms with E-state index in [0.717, 1.165) is 5.56 Å². The van der Waals surface area contributed by atoms with Crippen LogP contribution >= 0.6 is 11.6 Å². The van der Waals surface area contributed by atoms with Crippen molar-refractivity contribution in [3.05, 3.63) is 40.9 Å². The fourth-order valence-corrected chi connectivity index (χ4v) is 1.48. The number of furan rings is 1. The molecule has 0 fully saturated rings. The van der Waals surface area contributed by atoms with Gasteiger partial charge in [0.25, 0.3) is 5.91 Å². The van der Waals surface area contributed by atoms with E-state index in [1.54, 1.807) is 13.0 Å². The molecule has 0 saturated carbocycles. The Labute approximate surface area is 103 Å². The first-order valence-electron chi connectivity index (χ1n) is 4.85. The molecule has 5 nitrogen and oxygen atoms in total. The zero-order valence-electron chi connectivity index (χ0n) is 9.03. The summed E-state index contributed by atoms with van der Waals surface area (Å²) in [6, 6.07) is 4.71. The number of hydrogen-bond acceptors (Lipinski definition) is 4. The van der Waals surface area contributed by atoms with Crippen molar-refractivity contribution in [1.82, 2.24) is 4.98 Å². The van der Waals surface area contributed by atoms with E-state index in [2.05, 4.69) is 10.3 Å². The van der Waals surface area contributed by atoms with Gasteiger partial charge in [0.1, 0.15) is 5.82 Å². The molecule has 0 aromatic carbocycles. The van der Waals surface area contributed by atoms with E-state index < -0.39 is 5.91 Å². The molecule has 0 aliphatic carbocycles. The summed E-state index contributed by atoms with van der Waals surface area (Å²) in [6.45, 7) is 1.80. The second kappa shape index (κ2) is 4.47. The van der Waals surface area contributed by atoms with Crippen molar-refractivity contribution >= 4 is 29.0 Å². The number of halogens is 1. The quantitative estimate of drug-likeness (QED) is 0.859. The average Bonchev–Trinajstić information content (AvgIpc) is 2.69. The number of pyridine rings is 1. The summed E-state index contributed by atoms with van der Waals surface area (Å²) in [7, 11) is 0. The van der Waals surface area contributed by atoms with E-state index in [0.29, 0.717) is 11.5 Å². The zero-order chi connectivity index (χ0) is 12.4. The number of nitrogens with zero attached hydrogens (tertiary/aromatic N) is 1. The number of carbonyl (C=O) groups excluding carboxylic acids is 1.